The second kappa shape index (κ2) is 2.82. The number of nitrogens with zero attached hydrogens (tertiary/aromatic N) is 1. The molecule has 9 heavy (non-hydrogen) atoms. The number of rotatable bonds is 0. The average Bonchev–Trinajstić information content (AvgIpc) is 1.59. The summed E-state index contributed by atoms with van der Waals surface area (Å²) in [6.45, 7) is 4.26. The van der Waals surface area contributed by atoms with Gasteiger partial charge in [-0.3, -0.25) is 4.99 Å². The monoisotopic (exact) mass is 189 g/mol. The first-order valence-corrected chi connectivity index (χ1v) is 4.27. The Labute approximate surface area is 64.7 Å². The molecule has 0 aliphatic carbocycles. The highest BCUT2D eigenvalue weighted by Crippen LogP contribution is 2.19. The molecule has 0 aromatic carbocycles. The van der Waals surface area contributed by atoms with Crippen LogP contribution in [0.1, 0.15) is 26.7 Å². The van der Waals surface area contributed by atoms with Crippen molar-refractivity contribution in [1.29, 1.82) is 0 Å². The van der Waals surface area contributed by atoms with Crippen LogP contribution in [0, 0.1) is 0 Å². The van der Waals surface area contributed by atoms with Crippen molar-refractivity contribution < 1.29 is 0 Å². The fourth-order valence-corrected chi connectivity index (χ4v) is 2.27. The molecule has 2 atom stereocenters. The van der Waals surface area contributed by atoms with Gasteiger partial charge in [0.15, 0.2) is 0 Å². The van der Waals surface area contributed by atoms with Crippen molar-refractivity contribution in [3.63, 3.8) is 0 Å². The first-order chi connectivity index (χ1) is 4.18. The molecule has 0 saturated carbocycles. The molecule has 0 amide bonds. The molecule has 1 unspecified atom stereocenters. The maximum absolute atomic E-state index is 4.42. The van der Waals surface area contributed by atoms with Gasteiger partial charge < -0.3 is 0 Å². The fourth-order valence-electron chi connectivity index (χ4n) is 1.26. The smallest absolute Gasteiger partial charge is 0.0481 e. The molecule has 1 rings (SSSR count). The first-order valence-electron chi connectivity index (χ1n) is 3.36. The van der Waals surface area contributed by atoms with E-state index in [0.29, 0.717) is 10.9 Å². The maximum Gasteiger partial charge on any atom is 0.0481 e. The maximum atomic E-state index is 4.42. The zero-order valence-corrected chi connectivity index (χ0v) is 7.48. The van der Waals surface area contributed by atoms with Gasteiger partial charge in [0.1, 0.15) is 0 Å². The van der Waals surface area contributed by atoms with Gasteiger partial charge in [-0.15, -0.1) is 0 Å². The fraction of sp³-hybridized carbons (Fsp3) is 0.857. The summed E-state index contributed by atoms with van der Waals surface area (Å²) in [5.41, 5.74) is 1.29. The second-order valence-corrected chi connectivity index (χ2v) is 4.05. The van der Waals surface area contributed by atoms with Crippen LogP contribution >= 0.6 is 15.9 Å². The summed E-state index contributed by atoms with van der Waals surface area (Å²) in [5, 5.41) is 0. The van der Waals surface area contributed by atoms with Gasteiger partial charge in [-0.05, 0) is 26.7 Å². The Balaban J connectivity index is 2.56. The van der Waals surface area contributed by atoms with Crippen LogP contribution in [-0.4, -0.2) is 16.6 Å². The van der Waals surface area contributed by atoms with E-state index in [1.165, 1.54) is 12.1 Å². The zero-order chi connectivity index (χ0) is 6.85. The number of alkyl halides is 1. The van der Waals surface area contributed by atoms with E-state index < -0.39 is 0 Å². The van der Waals surface area contributed by atoms with E-state index in [0.717, 1.165) is 6.42 Å². The normalized spacial score (nSPS) is 36.1. The van der Waals surface area contributed by atoms with E-state index in [-0.39, 0.29) is 0 Å². The Bertz CT molecular complexity index is 131. The lowest BCUT2D eigenvalue weighted by Gasteiger charge is -2.19. The molecule has 1 aliphatic rings. The topological polar surface area (TPSA) is 12.4 Å². The van der Waals surface area contributed by atoms with Crippen molar-refractivity contribution in [2.45, 2.75) is 37.6 Å². The van der Waals surface area contributed by atoms with Crippen molar-refractivity contribution in [2.24, 2.45) is 4.99 Å². The third kappa shape index (κ3) is 2.09. The summed E-state index contributed by atoms with van der Waals surface area (Å²) in [7, 11) is 0. The third-order valence-corrected chi connectivity index (χ3v) is 2.25. The van der Waals surface area contributed by atoms with Crippen LogP contribution in [-0.2, 0) is 0 Å². The Hall–Kier alpha value is 0.150. The zero-order valence-electron chi connectivity index (χ0n) is 5.89. The predicted molar refractivity (Wildman–Crippen MR) is 44.5 cm³/mol. The Morgan fingerprint density at radius 1 is 1.67 bits per heavy atom. The molecule has 0 bridgehead atoms. The number of halogens is 1. The third-order valence-electron chi connectivity index (χ3n) is 1.55. The predicted octanol–water partition coefficient (Wildman–Crippen LogP) is 2.39. The van der Waals surface area contributed by atoms with Gasteiger partial charge in [0.05, 0.1) is 0 Å². The summed E-state index contributed by atoms with van der Waals surface area (Å²) in [4.78, 5) is 5.09. The lowest BCUT2D eigenvalue weighted by molar-refractivity contribution is 0.626. The minimum atomic E-state index is 0.531. The molecule has 0 aromatic heterocycles. The van der Waals surface area contributed by atoms with E-state index in [9.17, 15) is 0 Å². The highest BCUT2D eigenvalue weighted by molar-refractivity contribution is 9.09. The van der Waals surface area contributed by atoms with Gasteiger partial charge in [-0.25, -0.2) is 0 Å². The van der Waals surface area contributed by atoms with Gasteiger partial charge in [-0.2, -0.15) is 0 Å². The molecule has 0 radical (unpaired) electrons. The molecular formula is C7H12BrN. The second-order valence-electron chi connectivity index (χ2n) is 2.75. The van der Waals surface area contributed by atoms with Gasteiger partial charge in [0.25, 0.3) is 0 Å². The van der Waals surface area contributed by atoms with Crippen LogP contribution in [0.15, 0.2) is 4.99 Å². The minimum Gasteiger partial charge on any atom is -0.291 e. The molecule has 2 heteroatoms. The highest BCUT2D eigenvalue weighted by Gasteiger charge is 2.15. The molecule has 1 heterocycles. The van der Waals surface area contributed by atoms with Crippen LogP contribution in [0.2, 0.25) is 0 Å². The molecule has 0 aromatic rings. The van der Waals surface area contributed by atoms with E-state index in [1.54, 1.807) is 0 Å². The lowest BCUT2D eigenvalue weighted by atomic mass is 10.1. The molecule has 0 saturated heterocycles. The summed E-state index contributed by atoms with van der Waals surface area (Å²) in [6, 6.07) is 0.531. The first kappa shape index (κ1) is 7.26. The van der Waals surface area contributed by atoms with Crippen molar-refractivity contribution in [3.8, 4) is 0 Å². The summed E-state index contributed by atoms with van der Waals surface area (Å²) in [5.74, 6) is 0. The van der Waals surface area contributed by atoms with Crippen LogP contribution in [0.25, 0.3) is 0 Å². The van der Waals surface area contributed by atoms with Crippen LogP contribution in [0.4, 0.5) is 0 Å². The summed E-state index contributed by atoms with van der Waals surface area (Å²) in [6.07, 6.45) is 2.32. The Morgan fingerprint density at radius 3 is 2.78 bits per heavy atom. The molecule has 52 valence electrons. The van der Waals surface area contributed by atoms with E-state index in [1.807, 2.05) is 0 Å². The lowest BCUT2D eigenvalue weighted by Crippen LogP contribution is -2.18. The van der Waals surface area contributed by atoms with Crippen molar-refractivity contribution >= 4 is 21.6 Å². The molecule has 1 aliphatic heterocycles. The molecule has 0 spiro atoms. The van der Waals surface area contributed by atoms with Gasteiger partial charge >= 0.3 is 0 Å². The van der Waals surface area contributed by atoms with Crippen molar-refractivity contribution in [3.05, 3.63) is 0 Å². The summed E-state index contributed by atoms with van der Waals surface area (Å²) < 4.78 is 0. The Morgan fingerprint density at radius 2 is 2.33 bits per heavy atom. The average molecular weight is 190 g/mol. The van der Waals surface area contributed by atoms with Crippen LogP contribution in [0.3, 0.4) is 0 Å². The van der Waals surface area contributed by atoms with Gasteiger partial charge in [-0.1, -0.05) is 15.9 Å². The van der Waals surface area contributed by atoms with E-state index in [4.69, 9.17) is 0 Å². The number of aliphatic imine (C=N–C) groups is 1. The van der Waals surface area contributed by atoms with Crippen LogP contribution < -0.4 is 0 Å². The van der Waals surface area contributed by atoms with E-state index in [2.05, 4.69) is 34.8 Å². The molecule has 1 nitrogen and oxygen atoms in total. The highest BCUT2D eigenvalue weighted by atomic mass is 79.9. The minimum absolute atomic E-state index is 0.531. The SMILES string of the molecule is CC1=N[C@H](C)CC(Br)C1. The van der Waals surface area contributed by atoms with Crippen molar-refractivity contribution in [1.82, 2.24) is 0 Å². The largest absolute Gasteiger partial charge is 0.291 e. The van der Waals surface area contributed by atoms with Crippen LogP contribution in [0.5, 0.6) is 0 Å². The van der Waals surface area contributed by atoms with E-state index >= 15 is 0 Å². The summed E-state index contributed by atoms with van der Waals surface area (Å²) >= 11 is 3.59. The number of hydrogen-bond acceptors (Lipinski definition) is 1. The van der Waals surface area contributed by atoms with Gasteiger partial charge in [0, 0.05) is 16.6 Å². The van der Waals surface area contributed by atoms with Crippen molar-refractivity contribution in [2.75, 3.05) is 0 Å². The van der Waals surface area contributed by atoms with Gasteiger partial charge in [0.2, 0.25) is 0 Å². The quantitative estimate of drug-likeness (QED) is 0.520. The molecular weight excluding hydrogens is 178 g/mol. The standard InChI is InChI=1S/C7H12BrN/c1-5-3-7(8)4-6(2)9-5/h5,7H,3-4H2,1-2H3/t5-,7?/m1/s1. The Kier molecular flexibility index (Phi) is 2.28. The molecule has 0 fully saturated rings. The molecule has 0 N–H and O–H groups in total. The number of hydrogen-bond donors (Lipinski definition) is 0.